The quantitative estimate of drug-likeness (QED) is 0.796. The van der Waals surface area contributed by atoms with Crippen LogP contribution < -0.4 is 10.6 Å². The lowest BCUT2D eigenvalue weighted by Gasteiger charge is -2.07. The van der Waals surface area contributed by atoms with Crippen LogP contribution in [0.5, 0.6) is 0 Å². The molecule has 2 aromatic rings. The first kappa shape index (κ1) is 13.7. The molecule has 0 spiro atoms. The number of unbranched alkanes of at least 4 members (excludes halogenated alkanes) is 1. The first-order valence-corrected chi connectivity index (χ1v) is 7.24. The van der Waals surface area contributed by atoms with Crippen molar-refractivity contribution in [2.75, 3.05) is 18.4 Å². The molecule has 0 atom stereocenters. The van der Waals surface area contributed by atoms with Crippen LogP contribution in [0.25, 0.3) is 10.2 Å². The van der Waals surface area contributed by atoms with E-state index in [0.717, 1.165) is 35.4 Å². The fourth-order valence-electron chi connectivity index (χ4n) is 1.75. The number of rotatable bonds is 6. The van der Waals surface area contributed by atoms with E-state index in [1.807, 2.05) is 13.0 Å². The molecule has 2 heterocycles. The highest BCUT2D eigenvalue weighted by Gasteiger charge is 2.08. The maximum atomic E-state index is 11.6. The number of nitrogens with zero attached hydrogens (tertiary/aromatic N) is 2. The van der Waals surface area contributed by atoms with Crippen molar-refractivity contribution in [1.29, 1.82) is 0 Å². The van der Waals surface area contributed by atoms with Gasteiger partial charge in [-0.2, -0.15) is 0 Å². The monoisotopic (exact) mass is 278 g/mol. The smallest absolute Gasteiger partial charge is 0.239 e. The SMILES string of the molecule is CCCCNC(=O)CNc1ncnc2sc(C)cc12. The lowest BCUT2D eigenvalue weighted by molar-refractivity contribution is -0.119. The average molecular weight is 278 g/mol. The van der Waals surface area contributed by atoms with E-state index in [0.29, 0.717) is 0 Å². The van der Waals surface area contributed by atoms with Crippen LogP contribution in [-0.4, -0.2) is 29.0 Å². The predicted octanol–water partition coefficient (Wildman–Crippen LogP) is 2.33. The van der Waals surface area contributed by atoms with Gasteiger partial charge in [0.2, 0.25) is 5.91 Å². The third-order valence-electron chi connectivity index (χ3n) is 2.72. The Morgan fingerprint density at radius 1 is 1.42 bits per heavy atom. The number of nitrogens with one attached hydrogen (secondary N) is 2. The van der Waals surface area contributed by atoms with E-state index in [9.17, 15) is 4.79 Å². The number of hydrogen-bond acceptors (Lipinski definition) is 5. The third kappa shape index (κ3) is 3.64. The lowest BCUT2D eigenvalue weighted by Crippen LogP contribution is -2.30. The summed E-state index contributed by atoms with van der Waals surface area (Å²) in [4.78, 5) is 22.2. The van der Waals surface area contributed by atoms with Gasteiger partial charge in [-0.15, -0.1) is 11.3 Å². The molecule has 0 aromatic carbocycles. The summed E-state index contributed by atoms with van der Waals surface area (Å²) in [7, 11) is 0. The van der Waals surface area contributed by atoms with Crippen molar-refractivity contribution in [1.82, 2.24) is 15.3 Å². The van der Waals surface area contributed by atoms with Crippen LogP contribution in [-0.2, 0) is 4.79 Å². The normalized spacial score (nSPS) is 10.6. The summed E-state index contributed by atoms with van der Waals surface area (Å²) in [6.07, 6.45) is 3.61. The van der Waals surface area contributed by atoms with Crippen LogP contribution in [0.4, 0.5) is 5.82 Å². The Morgan fingerprint density at radius 2 is 2.26 bits per heavy atom. The number of carbonyl (C=O) groups excluding carboxylic acids is 1. The van der Waals surface area contributed by atoms with E-state index in [1.54, 1.807) is 11.3 Å². The van der Waals surface area contributed by atoms with Gasteiger partial charge in [0.25, 0.3) is 0 Å². The second-order valence-electron chi connectivity index (χ2n) is 4.36. The molecule has 2 rings (SSSR count). The third-order valence-corrected chi connectivity index (χ3v) is 3.68. The molecule has 102 valence electrons. The molecule has 0 unspecified atom stereocenters. The molecular formula is C13H18N4OS. The number of thiophene rings is 1. The summed E-state index contributed by atoms with van der Waals surface area (Å²) in [5, 5.41) is 6.91. The maximum Gasteiger partial charge on any atom is 0.239 e. The minimum absolute atomic E-state index is 0.00726. The molecule has 0 aliphatic rings. The number of aromatic nitrogens is 2. The fraction of sp³-hybridized carbons (Fsp3) is 0.462. The average Bonchev–Trinajstić information content (AvgIpc) is 2.77. The van der Waals surface area contributed by atoms with E-state index >= 15 is 0 Å². The topological polar surface area (TPSA) is 66.9 Å². The van der Waals surface area contributed by atoms with Crippen molar-refractivity contribution >= 4 is 33.3 Å². The Morgan fingerprint density at radius 3 is 3.05 bits per heavy atom. The summed E-state index contributed by atoms with van der Waals surface area (Å²) in [6, 6.07) is 2.04. The molecule has 0 saturated heterocycles. The van der Waals surface area contributed by atoms with Gasteiger partial charge < -0.3 is 10.6 Å². The van der Waals surface area contributed by atoms with Crippen LogP contribution in [0, 0.1) is 6.92 Å². The Bertz CT molecular complexity index is 567. The van der Waals surface area contributed by atoms with Crippen molar-refractivity contribution in [2.45, 2.75) is 26.7 Å². The highest BCUT2D eigenvalue weighted by Crippen LogP contribution is 2.27. The largest absolute Gasteiger partial charge is 0.360 e. The number of anilines is 1. The number of amides is 1. The van der Waals surface area contributed by atoms with Crippen LogP contribution >= 0.6 is 11.3 Å². The molecule has 0 saturated carbocycles. The fourth-order valence-corrected chi connectivity index (χ4v) is 2.60. The van der Waals surface area contributed by atoms with Gasteiger partial charge in [0.05, 0.1) is 11.9 Å². The van der Waals surface area contributed by atoms with Gasteiger partial charge in [-0.3, -0.25) is 4.79 Å². The number of carbonyl (C=O) groups is 1. The van der Waals surface area contributed by atoms with E-state index < -0.39 is 0 Å². The van der Waals surface area contributed by atoms with Gasteiger partial charge in [0.1, 0.15) is 17.0 Å². The van der Waals surface area contributed by atoms with Crippen LogP contribution in [0.15, 0.2) is 12.4 Å². The molecule has 2 aromatic heterocycles. The zero-order valence-electron chi connectivity index (χ0n) is 11.2. The minimum atomic E-state index is -0.00726. The Labute approximate surface area is 116 Å². The van der Waals surface area contributed by atoms with Gasteiger partial charge in [-0.25, -0.2) is 9.97 Å². The highest BCUT2D eigenvalue weighted by atomic mass is 32.1. The summed E-state index contributed by atoms with van der Waals surface area (Å²) in [6.45, 7) is 5.10. The van der Waals surface area contributed by atoms with E-state index in [1.165, 1.54) is 11.2 Å². The van der Waals surface area contributed by atoms with E-state index in [4.69, 9.17) is 0 Å². The molecule has 0 aliphatic carbocycles. The Kier molecular flexibility index (Phi) is 4.68. The molecule has 5 nitrogen and oxygen atoms in total. The van der Waals surface area contributed by atoms with Crippen molar-refractivity contribution in [3.63, 3.8) is 0 Å². The zero-order chi connectivity index (χ0) is 13.7. The second-order valence-corrected chi connectivity index (χ2v) is 5.59. The second kappa shape index (κ2) is 6.47. The summed E-state index contributed by atoms with van der Waals surface area (Å²) >= 11 is 1.63. The number of fused-ring (bicyclic) bond motifs is 1. The zero-order valence-corrected chi connectivity index (χ0v) is 12.0. The first-order chi connectivity index (χ1) is 9.20. The molecule has 6 heteroatoms. The molecule has 19 heavy (non-hydrogen) atoms. The summed E-state index contributed by atoms with van der Waals surface area (Å²) < 4.78 is 0. The molecule has 0 fully saturated rings. The van der Waals surface area contributed by atoms with E-state index in [2.05, 4.69) is 27.5 Å². The van der Waals surface area contributed by atoms with Gasteiger partial charge in [-0.1, -0.05) is 13.3 Å². The molecule has 1 amide bonds. The predicted molar refractivity (Wildman–Crippen MR) is 78.6 cm³/mol. The van der Waals surface area contributed by atoms with Crippen LogP contribution in [0.3, 0.4) is 0 Å². The van der Waals surface area contributed by atoms with Gasteiger partial charge in [-0.05, 0) is 19.4 Å². The van der Waals surface area contributed by atoms with Crippen LogP contribution in [0.2, 0.25) is 0 Å². The molecule has 0 aliphatic heterocycles. The van der Waals surface area contributed by atoms with Crippen molar-refractivity contribution in [3.05, 3.63) is 17.3 Å². The van der Waals surface area contributed by atoms with Crippen molar-refractivity contribution < 1.29 is 4.79 Å². The highest BCUT2D eigenvalue weighted by molar-refractivity contribution is 7.18. The van der Waals surface area contributed by atoms with E-state index in [-0.39, 0.29) is 12.5 Å². The Hall–Kier alpha value is -1.69. The lowest BCUT2D eigenvalue weighted by atomic mass is 10.3. The number of hydrogen-bond donors (Lipinski definition) is 2. The minimum Gasteiger partial charge on any atom is -0.360 e. The summed E-state index contributed by atoms with van der Waals surface area (Å²) in [5.74, 6) is 0.715. The van der Waals surface area contributed by atoms with Crippen molar-refractivity contribution in [3.8, 4) is 0 Å². The van der Waals surface area contributed by atoms with Gasteiger partial charge in [0.15, 0.2) is 0 Å². The Balaban J connectivity index is 1.96. The molecule has 0 radical (unpaired) electrons. The van der Waals surface area contributed by atoms with Crippen LogP contribution in [0.1, 0.15) is 24.6 Å². The maximum absolute atomic E-state index is 11.6. The van der Waals surface area contributed by atoms with Crippen molar-refractivity contribution in [2.24, 2.45) is 0 Å². The standard InChI is InChI=1S/C13H18N4OS/c1-3-4-5-14-11(18)7-15-12-10-6-9(2)19-13(10)17-8-16-12/h6,8H,3-5,7H2,1-2H3,(H,14,18)(H,15,16,17). The molecule has 0 bridgehead atoms. The van der Waals surface area contributed by atoms with Gasteiger partial charge >= 0.3 is 0 Å². The van der Waals surface area contributed by atoms with Gasteiger partial charge in [0, 0.05) is 11.4 Å². The molecule has 2 N–H and O–H groups in total. The first-order valence-electron chi connectivity index (χ1n) is 6.42. The summed E-state index contributed by atoms with van der Waals surface area (Å²) in [5.41, 5.74) is 0. The molecular weight excluding hydrogens is 260 g/mol. The number of aryl methyl sites for hydroxylation is 1.